The zero-order valence-electron chi connectivity index (χ0n) is 9.89. The minimum Gasteiger partial charge on any atom is -0.481 e. The molecular formula is C12H19NO4. The van der Waals surface area contributed by atoms with Gasteiger partial charge in [0, 0.05) is 12.8 Å². The summed E-state index contributed by atoms with van der Waals surface area (Å²) >= 11 is 0. The minimum atomic E-state index is -0.815. The number of carbonyl (C=O) groups is 2. The van der Waals surface area contributed by atoms with Crippen molar-refractivity contribution in [2.75, 3.05) is 13.1 Å². The van der Waals surface area contributed by atoms with Gasteiger partial charge in [0.2, 0.25) is 5.91 Å². The summed E-state index contributed by atoms with van der Waals surface area (Å²) < 4.78 is 0. The average Bonchev–Trinajstić information content (AvgIpc) is 3.02. The molecule has 5 heteroatoms. The Bertz CT molecular complexity index is 318. The minimum absolute atomic E-state index is 0.0423. The van der Waals surface area contributed by atoms with Crippen molar-refractivity contribution in [2.45, 2.75) is 44.1 Å². The molecule has 0 bridgehead atoms. The monoisotopic (exact) mass is 241 g/mol. The molecule has 1 aliphatic heterocycles. The second-order valence-electron chi connectivity index (χ2n) is 5.23. The van der Waals surface area contributed by atoms with Crippen LogP contribution in [0, 0.1) is 5.92 Å². The van der Waals surface area contributed by atoms with E-state index in [2.05, 4.69) is 0 Å². The Hall–Kier alpha value is -1.10. The van der Waals surface area contributed by atoms with Gasteiger partial charge in [0.05, 0.1) is 13.1 Å². The molecule has 0 radical (unpaired) electrons. The molecule has 2 fully saturated rings. The molecule has 0 atom stereocenters. The number of β-amino-alcohol motifs (C(OH)–C–C–N with tert-alkyl or cyclic N) is 1. The number of unbranched alkanes of at least 4 members (excludes halogenated alkanes) is 1. The van der Waals surface area contributed by atoms with E-state index in [1.807, 2.05) is 0 Å². The van der Waals surface area contributed by atoms with E-state index in [4.69, 9.17) is 5.11 Å². The lowest BCUT2D eigenvalue weighted by Crippen LogP contribution is -2.64. The second kappa shape index (κ2) is 4.64. The summed E-state index contributed by atoms with van der Waals surface area (Å²) in [6.07, 6.45) is 3.84. The molecule has 96 valence electrons. The van der Waals surface area contributed by atoms with E-state index in [0.717, 1.165) is 12.8 Å². The summed E-state index contributed by atoms with van der Waals surface area (Å²) in [5.41, 5.74) is -0.614. The maximum atomic E-state index is 11.7. The van der Waals surface area contributed by atoms with E-state index in [1.54, 1.807) is 4.90 Å². The van der Waals surface area contributed by atoms with Gasteiger partial charge in [-0.2, -0.15) is 0 Å². The highest BCUT2D eigenvalue weighted by Gasteiger charge is 2.52. The van der Waals surface area contributed by atoms with E-state index in [1.165, 1.54) is 0 Å². The summed E-state index contributed by atoms with van der Waals surface area (Å²) in [7, 11) is 0. The number of hydrogen-bond acceptors (Lipinski definition) is 3. The third-order valence-corrected chi connectivity index (χ3v) is 3.65. The van der Waals surface area contributed by atoms with Crippen LogP contribution in [0.2, 0.25) is 0 Å². The number of rotatable bonds is 6. The molecule has 2 aliphatic rings. The number of carboxylic acid groups (broad SMARTS) is 1. The molecule has 1 saturated carbocycles. The second-order valence-corrected chi connectivity index (χ2v) is 5.23. The van der Waals surface area contributed by atoms with Crippen LogP contribution in [0.15, 0.2) is 0 Å². The van der Waals surface area contributed by atoms with Crippen molar-refractivity contribution in [3.8, 4) is 0 Å². The molecule has 0 aromatic rings. The lowest BCUT2D eigenvalue weighted by Gasteiger charge is -2.47. The van der Waals surface area contributed by atoms with E-state index < -0.39 is 11.6 Å². The summed E-state index contributed by atoms with van der Waals surface area (Å²) in [6, 6.07) is 0. The first kappa shape index (κ1) is 12.4. The van der Waals surface area contributed by atoms with Crippen molar-refractivity contribution in [3.05, 3.63) is 0 Å². The van der Waals surface area contributed by atoms with Crippen LogP contribution in [0.4, 0.5) is 0 Å². The fourth-order valence-corrected chi connectivity index (χ4v) is 2.38. The standard InChI is InChI=1S/C12H19NO4/c14-10(3-1-2-4-11(15)16)13-7-12(17,8-13)9-5-6-9/h9,17H,1-8H2,(H,15,16). The first-order valence-corrected chi connectivity index (χ1v) is 6.23. The number of amides is 1. The Morgan fingerprint density at radius 3 is 2.29 bits per heavy atom. The van der Waals surface area contributed by atoms with E-state index >= 15 is 0 Å². The number of aliphatic hydroxyl groups is 1. The molecule has 0 aromatic heterocycles. The Balaban J connectivity index is 1.60. The first-order valence-electron chi connectivity index (χ1n) is 6.23. The van der Waals surface area contributed by atoms with Gasteiger partial charge >= 0.3 is 5.97 Å². The number of aliphatic carboxylic acids is 1. The Kier molecular flexibility index (Phi) is 3.38. The topological polar surface area (TPSA) is 77.8 Å². The molecule has 1 amide bonds. The van der Waals surface area contributed by atoms with Crippen LogP contribution in [0.3, 0.4) is 0 Å². The lowest BCUT2D eigenvalue weighted by molar-refractivity contribution is -0.159. The zero-order chi connectivity index (χ0) is 12.5. The zero-order valence-corrected chi connectivity index (χ0v) is 9.89. The van der Waals surface area contributed by atoms with Gasteiger partial charge in [-0.05, 0) is 31.6 Å². The summed E-state index contributed by atoms with van der Waals surface area (Å²) in [5.74, 6) is -0.371. The molecule has 1 saturated heterocycles. The van der Waals surface area contributed by atoms with Crippen LogP contribution in [0.25, 0.3) is 0 Å². The molecule has 1 aliphatic carbocycles. The number of likely N-dealkylation sites (tertiary alicyclic amines) is 1. The lowest BCUT2D eigenvalue weighted by atomic mass is 9.88. The molecule has 0 unspecified atom stereocenters. The number of hydrogen-bond donors (Lipinski definition) is 2. The van der Waals surface area contributed by atoms with Gasteiger partial charge in [0.1, 0.15) is 5.60 Å². The maximum Gasteiger partial charge on any atom is 0.303 e. The molecule has 0 spiro atoms. The van der Waals surface area contributed by atoms with Crippen LogP contribution >= 0.6 is 0 Å². The molecule has 1 heterocycles. The number of carbonyl (C=O) groups excluding carboxylic acids is 1. The average molecular weight is 241 g/mol. The maximum absolute atomic E-state index is 11.7. The SMILES string of the molecule is O=C(O)CCCCC(=O)N1CC(O)(C2CC2)C1. The third-order valence-electron chi connectivity index (χ3n) is 3.65. The van der Waals surface area contributed by atoms with Gasteiger partial charge in [-0.1, -0.05) is 0 Å². The highest BCUT2D eigenvalue weighted by Crippen LogP contribution is 2.44. The van der Waals surface area contributed by atoms with Crippen LogP contribution < -0.4 is 0 Å². The van der Waals surface area contributed by atoms with Gasteiger partial charge in [-0.15, -0.1) is 0 Å². The highest BCUT2D eigenvalue weighted by atomic mass is 16.4. The Labute approximate surface area is 100 Å². The fourth-order valence-electron chi connectivity index (χ4n) is 2.38. The Morgan fingerprint density at radius 2 is 1.76 bits per heavy atom. The third kappa shape index (κ3) is 2.97. The molecule has 2 rings (SSSR count). The summed E-state index contributed by atoms with van der Waals surface area (Å²) in [5, 5.41) is 18.5. The van der Waals surface area contributed by atoms with Gasteiger partial charge in [-0.3, -0.25) is 9.59 Å². The van der Waals surface area contributed by atoms with Crippen LogP contribution in [-0.4, -0.2) is 45.7 Å². The quantitative estimate of drug-likeness (QED) is 0.668. The van der Waals surface area contributed by atoms with Gasteiger partial charge in [0.25, 0.3) is 0 Å². The van der Waals surface area contributed by atoms with Crippen molar-refractivity contribution in [2.24, 2.45) is 5.92 Å². The van der Waals surface area contributed by atoms with Crippen LogP contribution in [0.5, 0.6) is 0 Å². The summed E-state index contributed by atoms with van der Waals surface area (Å²) in [6.45, 7) is 0.935. The molecular weight excluding hydrogens is 222 g/mol. The molecule has 2 N–H and O–H groups in total. The Morgan fingerprint density at radius 1 is 1.18 bits per heavy atom. The van der Waals surface area contributed by atoms with Crippen molar-refractivity contribution in [3.63, 3.8) is 0 Å². The van der Waals surface area contributed by atoms with Crippen LogP contribution in [0.1, 0.15) is 38.5 Å². The van der Waals surface area contributed by atoms with Crippen molar-refractivity contribution in [1.29, 1.82) is 0 Å². The van der Waals surface area contributed by atoms with Crippen molar-refractivity contribution < 1.29 is 19.8 Å². The van der Waals surface area contributed by atoms with Crippen LogP contribution in [-0.2, 0) is 9.59 Å². The highest BCUT2D eigenvalue weighted by molar-refractivity contribution is 5.77. The number of nitrogens with zero attached hydrogens (tertiary/aromatic N) is 1. The predicted molar refractivity (Wildman–Crippen MR) is 60.4 cm³/mol. The van der Waals surface area contributed by atoms with E-state index in [0.29, 0.717) is 38.3 Å². The summed E-state index contributed by atoms with van der Waals surface area (Å²) in [4.78, 5) is 23.6. The van der Waals surface area contributed by atoms with Gasteiger partial charge < -0.3 is 15.1 Å². The van der Waals surface area contributed by atoms with E-state index in [-0.39, 0.29) is 12.3 Å². The molecule has 0 aromatic carbocycles. The normalized spacial score (nSPS) is 22.1. The van der Waals surface area contributed by atoms with Gasteiger partial charge in [0.15, 0.2) is 0 Å². The van der Waals surface area contributed by atoms with E-state index in [9.17, 15) is 14.7 Å². The molecule has 17 heavy (non-hydrogen) atoms. The fraction of sp³-hybridized carbons (Fsp3) is 0.833. The number of carboxylic acids is 1. The first-order chi connectivity index (χ1) is 8.01. The van der Waals surface area contributed by atoms with Crippen molar-refractivity contribution >= 4 is 11.9 Å². The van der Waals surface area contributed by atoms with Gasteiger partial charge in [-0.25, -0.2) is 0 Å². The van der Waals surface area contributed by atoms with Crippen molar-refractivity contribution in [1.82, 2.24) is 4.90 Å². The smallest absolute Gasteiger partial charge is 0.303 e. The molecule has 5 nitrogen and oxygen atoms in total. The largest absolute Gasteiger partial charge is 0.481 e. The predicted octanol–water partition coefficient (Wildman–Crippen LogP) is 0.615.